The number of methoxy groups -OCH3 is 1. The number of hydrogen-bond donors (Lipinski definition) is 1. The monoisotopic (exact) mass is 340 g/mol. The summed E-state index contributed by atoms with van der Waals surface area (Å²) < 4.78 is 5.17. The molecule has 0 aliphatic rings. The molecule has 1 N–H and O–H groups in total. The van der Waals surface area contributed by atoms with Gasteiger partial charge in [-0.1, -0.05) is 54.6 Å². The predicted molar refractivity (Wildman–Crippen MR) is 101 cm³/mol. The number of ether oxygens (including phenoxy) is 1. The van der Waals surface area contributed by atoms with Crippen molar-refractivity contribution >= 4 is 5.91 Å². The van der Waals surface area contributed by atoms with Gasteiger partial charge in [0.25, 0.3) is 0 Å². The number of nitrogens with zero attached hydrogens (tertiary/aromatic N) is 1. The highest BCUT2D eigenvalue weighted by molar-refractivity contribution is 5.78. The molecule has 0 fully saturated rings. The fraction of sp³-hybridized carbons (Fsp3) is 0.381. The van der Waals surface area contributed by atoms with Crippen molar-refractivity contribution in [2.24, 2.45) is 0 Å². The number of carbonyl (C=O) groups excluding carboxylic acids is 1. The molecule has 0 aliphatic heterocycles. The Balaban J connectivity index is 1.80. The molecule has 4 heteroatoms. The summed E-state index contributed by atoms with van der Waals surface area (Å²) in [7, 11) is 1.68. The van der Waals surface area contributed by atoms with E-state index in [0.717, 1.165) is 19.5 Å². The average molecular weight is 340 g/mol. The molecule has 0 aromatic heterocycles. The number of benzene rings is 2. The zero-order valence-electron chi connectivity index (χ0n) is 15.2. The van der Waals surface area contributed by atoms with Crippen LogP contribution < -0.4 is 5.32 Å². The Labute approximate surface area is 150 Å². The standard InChI is InChI=1S/C21H28N2O2/c1-18-8-6-7-11-20(18)12-13-22-21(24)17-23(14-15-25-2)16-19-9-4-3-5-10-19/h3-11H,12-17H2,1-2H3,(H,22,24). The van der Waals surface area contributed by atoms with Gasteiger partial charge in [0.1, 0.15) is 0 Å². The summed E-state index contributed by atoms with van der Waals surface area (Å²) >= 11 is 0. The van der Waals surface area contributed by atoms with Crippen LogP contribution in [-0.2, 0) is 22.5 Å². The first kappa shape index (κ1) is 19.2. The Morgan fingerprint density at radius 3 is 2.52 bits per heavy atom. The van der Waals surface area contributed by atoms with Crippen molar-refractivity contribution < 1.29 is 9.53 Å². The average Bonchev–Trinajstić information content (AvgIpc) is 2.62. The van der Waals surface area contributed by atoms with Crippen LogP contribution in [0.1, 0.15) is 16.7 Å². The van der Waals surface area contributed by atoms with Crippen LogP contribution in [-0.4, -0.2) is 44.2 Å². The van der Waals surface area contributed by atoms with Gasteiger partial charge in [0, 0.05) is 26.7 Å². The molecule has 0 aliphatic carbocycles. The van der Waals surface area contributed by atoms with Gasteiger partial charge in [-0.05, 0) is 30.0 Å². The van der Waals surface area contributed by atoms with Crippen LogP contribution in [0, 0.1) is 6.92 Å². The van der Waals surface area contributed by atoms with Gasteiger partial charge in [-0.15, -0.1) is 0 Å². The van der Waals surface area contributed by atoms with Gasteiger partial charge < -0.3 is 10.1 Å². The highest BCUT2D eigenvalue weighted by Gasteiger charge is 2.11. The first-order valence-corrected chi connectivity index (χ1v) is 8.75. The minimum absolute atomic E-state index is 0.0561. The van der Waals surface area contributed by atoms with Crippen molar-refractivity contribution in [1.82, 2.24) is 10.2 Å². The number of aryl methyl sites for hydroxylation is 1. The zero-order valence-corrected chi connectivity index (χ0v) is 15.2. The Hall–Kier alpha value is -2.17. The molecule has 2 aromatic rings. The van der Waals surface area contributed by atoms with E-state index >= 15 is 0 Å². The van der Waals surface area contributed by atoms with E-state index in [0.29, 0.717) is 19.7 Å². The Morgan fingerprint density at radius 2 is 1.80 bits per heavy atom. The van der Waals surface area contributed by atoms with Crippen molar-refractivity contribution in [3.05, 3.63) is 71.3 Å². The minimum atomic E-state index is 0.0561. The molecule has 0 unspecified atom stereocenters. The van der Waals surface area contributed by atoms with Crippen LogP contribution in [0.5, 0.6) is 0 Å². The van der Waals surface area contributed by atoms with Gasteiger partial charge in [-0.25, -0.2) is 0 Å². The zero-order chi connectivity index (χ0) is 17.9. The van der Waals surface area contributed by atoms with Crippen LogP contribution in [0.2, 0.25) is 0 Å². The summed E-state index contributed by atoms with van der Waals surface area (Å²) in [5.74, 6) is 0.0561. The van der Waals surface area contributed by atoms with E-state index in [1.54, 1.807) is 7.11 Å². The van der Waals surface area contributed by atoms with Gasteiger partial charge in [0.15, 0.2) is 0 Å². The summed E-state index contributed by atoms with van der Waals surface area (Å²) in [5, 5.41) is 3.03. The summed E-state index contributed by atoms with van der Waals surface area (Å²) in [4.78, 5) is 14.4. The molecular weight excluding hydrogens is 312 g/mol. The summed E-state index contributed by atoms with van der Waals surface area (Å²) in [6.45, 7) is 5.23. The lowest BCUT2D eigenvalue weighted by Gasteiger charge is -2.21. The van der Waals surface area contributed by atoms with E-state index in [1.165, 1.54) is 16.7 Å². The second-order valence-electron chi connectivity index (χ2n) is 6.22. The maximum absolute atomic E-state index is 12.3. The number of hydrogen-bond acceptors (Lipinski definition) is 3. The maximum atomic E-state index is 12.3. The first-order chi connectivity index (χ1) is 12.2. The van der Waals surface area contributed by atoms with Crippen molar-refractivity contribution in [3.63, 3.8) is 0 Å². The molecule has 134 valence electrons. The highest BCUT2D eigenvalue weighted by atomic mass is 16.5. The fourth-order valence-electron chi connectivity index (χ4n) is 2.76. The van der Waals surface area contributed by atoms with Crippen LogP contribution >= 0.6 is 0 Å². The molecule has 2 rings (SSSR count). The van der Waals surface area contributed by atoms with Crippen molar-refractivity contribution in [2.75, 3.05) is 33.4 Å². The van der Waals surface area contributed by atoms with Gasteiger partial charge in [-0.3, -0.25) is 9.69 Å². The van der Waals surface area contributed by atoms with E-state index in [9.17, 15) is 4.79 Å². The van der Waals surface area contributed by atoms with Crippen molar-refractivity contribution in [1.29, 1.82) is 0 Å². The number of amides is 1. The smallest absolute Gasteiger partial charge is 0.234 e. The van der Waals surface area contributed by atoms with Crippen molar-refractivity contribution in [2.45, 2.75) is 19.9 Å². The van der Waals surface area contributed by atoms with Crippen LogP contribution in [0.15, 0.2) is 54.6 Å². The minimum Gasteiger partial charge on any atom is -0.383 e. The third-order valence-electron chi connectivity index (χ3n) is 4.21. The lowest BCUT2D eigenvalue weighted by molar-refractivity contribution is -0.122. The van der Waals surface area contributed by atoms with Crippen LogP contribution in [0.3, 0.4) is 0 Å². The Morgan fingerprint density at radius 1 is 1.08 bits per heavy atom. The van der Waals surface area contributed by atoms with E-state index in [4.69, 9.17) is 4.74 Å². The molecule has 0 spiro atoms. The van der Waals surface area contributed by atoms with Crippen LogP contribution in [0.4, 0.5) is 0 Å². The quantitative estimate of drug-likeness (QED) is 0.723. The third kappa shape index (κ3) is 7.08. The molecule has 0 atom stereocenters. The van der Waals surface area contributed by atoms with E-state index in [2.05, 4.69) is 41.4 Å². The highest BCUT2D eigenvalue weighted by Crippen LogP contribution is 2.07. The molecule has 0 heterocycles. The number of rotatable bonds is 10. The topological polar surface area (TPSA) is 41.6 Å². The summed E-state index contributed by atoms with van der Waals surface area (Å²) in [6.07, 6.45) is 0.856. The lowest BCUT2D eigenvalue weighted by Crippen LogP contribution is -2.39. The second-order valence-corrected chi connectivity index (χ2v) is 6.22. The molecule has 0 radical (unpaired) electrons. The molecule has 0 saturated heterocycles. The molecule has 1 amide bonds. The lowest BCUT2D eigenvalue weighted by atomic mass is 10.1. The van der Waals surface area contributed by atoms with Gasteiger partial charge in [-0.2, -0.15) is 0 Å². The maximum Gasteiger partial charge on any atom is 0.234 e. The van der Waals surface area contributed by atoms with E-state index < -0.39 is 0 Å². The second kappa shape index (κ2) is 10.6. The molecular formula is C21H28N2O2. The molecule has 2 aromatic carbocycles. The first-order valence-electron chi connectivity index (χ1n) is 8.75. The molecule has 0 saturated carbocycles. The van der Waals surface area contributed by atoms with Crippen molar-refractivity contribution in [3.8, 4) is 0 Å². The Kier molecular flexibility index (Phi) is 8.16. The predicted octanol–water partition coefficient (Wildman–Crippen LogP) is 2.80. The van der Waals surface area contributed by atoms with Crippen LogP contribution in [0.25, 0.3) is 0 Å². The summed E-state index contributed by atoms with van der Waals surface area (Å²) in [6, 6.07) is 18.5. The van der Waals surface area contributed by atoms with E-state index in [1.807, 2.05) is 30.3 Å². The van der Waals surface area contributed by atoms with E-state index in [-0.39, 0.29) is 5.91 Å². The SMILES string of the molecule is COCCN(CC(=O)NCCc1ccccc1C)Cc1ccccc1. The fourth-order valence-corrected chi connectivity index (χ4v) is 2.76. The largest absolute Gasteiger partial charge is 0.383 e. The third-order valence-corrected chi connectivity index (χ3v) is 4.21. The molecule has 0 bridgehead atoms. The van der Waals surface area contributed by atoms with Gasteiger partial charge >= 0.3 is 0 Å². The molecule has 25 heavy (non-hydrogen) atoms. The summed E-state index contributed by atoms with van der Waals surface area (Å²) in [5.41, 5.74) is 3.75. The number of nitrogens with one attached hydrogen (secondary N) is 1. The number of carbonyl (C=O) groups is 1. The normalized spacial score (nSPS) is 10.8. The Bertz CT molecular complexity index is 643. The molecule has 4 nitrogen and oxygen atoms in total. The van der Waals surface area contributed by atoms with Gasteiger partial charge in [0.2, 0.25) is 5.91 Å². The van der Waals surface area contributed by atoms with Gasteiger partial charge in [0.05, 0.1) is 13.2 Å².